The maximum atomic E-state index is 12.8. The smallest absolute Gasteiger partial charge is 0.269 e. The molecule has 4 rings (SSSR count). The summed E-state index contributed by atoms with van der Waals surface area (Å²) in [6.45, 7) is 4.18. The van der Waals surface area contributed by atoms with Crippen LogP contribution in [-0.2, 0) is 6.54 Å². The van der Waals surface area contributed by atoms with Gasteiger partial charge in [0, 0.05) is 35.8 Å². The highest BCUT2D eigenvalue weighted by molar-refractivity contribution is 6.32. The molecule has 160 valence electrons. The molecule has 0 saturated heterocycles. The number of aromatic amines is 1. The Morgan fingerprint density at radius 1 is 1.31 bits per heavy atom. The van der Waals surface area contributed by atoms with Crippen molar-refractivity contribution < 1.29 is 4.79 Å². The SMILES string of the molecule is Cc1nc(-c2cccnc2)[nH]c1C(=O)NC(C)Cn1ccc(-c2ccc(C#N)c(Cl)c2)n1. The van der Waals surface area contributed by atoms with Crippen LogP contribution in [0.3, 0.4) is 0 Å². The van der Waals surface area contributed by atoms with Crippen LogP contribution in [-0.4, -0.2) is 36.7 Å². The van der Waals surface area contributed by atoms with Crippen LogP contribution in [0.15, 0.2) is 55.0 Å². The minimum atomic E-state index is -0.233. The zero-order valence-corrected chi connectivity index (χ0v) is 18.3. The normalized spacial score (nSPS) is 11.7. The van der Waals surface area contributed by atoms with Gasteiger partial charge < -0.3 is 10.3 Å². The first-order valence-corrected chi connectivity index (χ1v) is 10.3. The highest BCUT2D eigenvalue weighted by atomic mass is 35.5. The molecule has 4 aromatic rings. The molecule has 1 unspecified atom stereocenters. The molecule has 0 aliphatic heterocycles. The molecule has 9 heteroatoms. The van der Waals surface area contributed by atoms with Crippen LogP contribution in [0.1, 0.15) is 28.7 Å². The van der Waals surface area contributed by atoms with Crippen molar-refractivity contribution in [1.29, 1.82) is 5.26 Å². The van der Waals surface area contributed by atoms with E-state index in [4.69, 9.17) is 16.9 Å². The number of hydrogen-bond acceptors (Lipinski definition) is 5. The number of H-pyrrole nitrogens is 1. The maximum absolute atomic E-state index is 12.8. The number of nitriles is 1. The summed E-state index contributed by atoms with van der Waals surface area (Å²) in [6, 6.07) is 12.6. The third kappa shape index (κ3) is 4.53. The predicted octanol–water partition coefficient (Wildman–Crippen LogP) is 3.99. The quantitative estimate of drug-likeness (QED) is 0.466. The van der Waals surface area contributed by atoms with E-state index in [0.717, 1.165) is 16.8 Å². The van der Waals surface area contributed by atoms with E-state index in [2.05, 4.69) is 25.4 Å². The van der Waals surface area contributed by atoms with Gasteiger partial charge in [0.2, 0.25) is 0 Å². The van der Waals surface area contributed by atoms with Crippen LogP contribution < -0.4 is 5.32 Å². The van der Waals surface area contributed by atoms with Gasteiger partial charge in [0.1, 0.15) is 17.6 Å². The van der Waals surface area contributed by atoms with E-state index in [0.29, 0.717) is 34.3 Å². The van der Waals surface area contributed by atoms with Crippen molar-refractivity contribution in [3.05, 3.63) is 77.0 Å². The monoisotopic (exact) mass is 445 g/mol. The van der Waals surface area contributed by atoms with E-state index in [-0.39, 0.29) is 11.9 Å². The summed E-state index contributed by atoms with van der Waals surface area (Å²) in [6.07, 6.45) is 5.22. The number of nitrogens with zero attached hydrogens (tertiary/aromatic N) is 5. The molecule has 0 bridgehead atoms. The Bertz CT molecular complexity index is 1300. The van der Waals surface area contributed by atoms with Crippen molar-refractivity contribution >= 4 is 17.5 Å². The van der Waals surface area contributed by atoms with Crippen molar-refractivity contribution in [2.24, 2.45) is 0 Å². The minimum absolute atomic E-state index is 0.177. The first-order chi connectivity index (χ1) is 15.4. The van der Waals surface area contributed by atoms with Crippen molar-refractivity contribution in [3.8, 4) is 28.7 Å². The molecule has 3 heterocycles. The molecule has 0 saturated carbocycles. The van der Waals surface area contributed by atoms with E-state index >= 15 is 0 Å². The molecule has 0 aliphatic carbocycles. The third-order valence-electron chi connectivity index (χ3n) is 4.91. The highest BCUT2D eigenvalue weighted by Gasteiger charge is 2.18. The number of hydrogen-bond donors (Lipinski definition) is 2. The first kappa shape index (κ1) is 21.3. The summed E-state index contributed by atoms with van der Waals surface area (Å²) in [7, 11) is 0. The molecular weight excluding hydrogens is 426 g/mol. The van der Waals surface area contributed by atoms with E-state index in [1.807, 2.05) is 43.5 Å². The molecule has 0 spiro atoms. The maximum Gasteiger partial charge on any atom is 0.269 e. The number of carbonyl (C=O) groups excluding carboxylic acids is 1. The number of amides is 1. The van der Waals surface area contributed by atoms with Crippen LogP contribution in [0.25, 0.3) is 22.6 Å². The summed E-state index contributed by atoms with van der Waals surface area (Å²) >= 11 is 6.12. The fourth-order valence-corrected chi connectivity index (χ4v) is 3.55. The fraction of sp³-hybridized carbons (Fsp3) is 0.174. The number of rotatable bonds is 6. The second kappa shape index (κ2) is 9.04. The van der Waals surface area contributed by atoms with Crippen molar-refractivity contribution in [3.63, 3.8) is 0 Å². The average molecular weight is 446 g/mol. The lowest BCUT2D eigenvalue weighted by Gasteiger charge is -2.13. The Balaban J connectivity index is 1.42. The largest absolute Gasteiger partial charge is 0.346 e. The van der Waals surface area contributed by atoms with Gasteiger partial charge >= 0.3 is 0 Å². The zero-order chi connectivity index (χ0) is 22.7. The number of nitrogens with one attached hydrogen (secondary N) is 2. The number of benzene rings is 1. The number of imidazole rings is 1. The number of carbonyl (C=O) groups is 1. The lowest BCUT2D eigenvalue weighted by atomic mass is 10.1. The van der Waals surface area contributed by atoms with Crippen LogP contribution in [0.4, 0.5) is 0 Å². The zero-order valence-electron chi connectivity index (χ0n) is 17.5. The topological polar surface area (TPSA) is 112 Å². The molecule has 1 aromatic carbocycles. The fourth-order valence-electron chi connectivity index (χ4n) is 3.33. The van der Waals surface area contributed by atoms with Gasteiger partial charge in [0.05, 0.1) is 28.5 Å². The minimum Gasteiger partial charge on any atom is -0.346 e. The Morgan fingerprint density at radius 3 is 2.88 bits per heavy atom. The van der Waals surface area contributed by atoms with Crippen LogP contribution >= 0.6 is 11.6 Å². The van der Waals surface area contributed by atoms with Crippen molar-refractivity contribution in [2.75, 3.05) is 0 Å². The molecule has 3 aromatic heterocycles. The van der Waals surface area contributed by atoms with E-state index in [9.17, 15) is 4.79 Å². The van der Waals surface area contributed by atoms with E-state index in [1.54, 1.807) is 36.1 Å². The highest BCUT2D eigenvalue weighted by Crippen LogP contribution is 2.24. The van der Waals surface area contributed by atoms with Crippen molar-refractivity contribution in [2.45, 2.75) is 26.4 Å². The second-order valence-corrected chi connectivity index (χ2v) is 7.80. The van der Waals surface area contributed by atoms with Gasteiger partial charge in [-0.2, -0.15) is 10.4 Å². The van der Waals surface area contributed by atoms with Crippen LogP contribution in [0.2, 0.25) is 5.02 Å². The molecule has 0 fully saturated rings. The Morgan fingerprint density at radius 2 is 2.16 bits per heavy atom. The number of halogens is 1. The molecule has 2 N–H and O–H groups in total. The van der Waals surface area contributed by atoms with Crippen LogP contribution in [0, 0.1) is 18.3 Å². The molecular formula is C23H20ClN7O. The number of aromatic nitrogens is 5. The summed E-state index contributed by atoms with van der Waals surface area (Å²) in [5.41, 5.74) is 3.83. The van der Waals surface area contributed by atoms with Crippen LogP contribution in [0.5, 0.6) is 0 Å². The Kier molecular flexibility index (Phi) is 6.01. The van der Waals surface area contributed by atoms with Crippen molar-refractivity contribution in [1.82, 2.24) is 30.0 Å². The van der Waals surface area contributed by atoms with Gasteiger partial charge in [-0.25, -0.2) is 4.98 Å². The molecule has 0 aliphatic rings. The van der Waals surface area contributed by atoms with Gasteiger partial charge in [-0.3, -0.25) is 14.5 Å². The second-order valence-electron chi connectivity index (χ2n) is 7.39. The molecule has 1 amide bonds. The first-order valence-electron chi connectivity index (χ1n) is 9.96. The van der Waals surface area contributed by atoms with Gasteiger partial charge in [0.15, 0.2) is 0 Å². The Labute approximate surface area is 189 Å². The summed E-state index contributed by atoms with van der Waals surface area (Å²) in [4.78, 5) is 24.4. The molecule has 1 atom stereocenters. The summed E-state index contributed by atoms with van der Waals surface area (Å²) in [5.74, 6) is 0.370. The lowest BCUT2D eigenvalue weighted by Crippen LogP contribution is -2.36. The third-order valence-corrected chi connectivity index (χ3v) is 5.22. The molecule has 0 radical (unpaired) electrons. The van der Waals surface area contributed by atoms with Gasteiger partial charge in [0.25, 0.3) is 5.91 Å². The number of pyridine rings is 1. The predicted molar refractivity (Wildman–Crippen MR) is 121 cm³/mol. The Hall–Kier alpha value is -3.96. The summed E-state index contributed by atoms with van der Waals surface area (Å²) < 4.78 is 1.76. The lowest BCUT2D eigenvalue weighted by molar-refractivity contribution is 0.0931. The summed E-state index contributed by atoms with van der Waals surface area (Å²) in [5, 5.41) is 16.9. The van der Waals surface area contributed by atoms with E-state index < -0.39 is 0 Å². The average Bonchev–Trinajstić information content (AvgIpc) is 3.41. The molecule has 8 nitrogen and oxygen atoms in total. The number of aryl methyl sites for hydroxylation is 1. The molecule has 32 heavy (non-hydrogen) atoms. The van der Waals surface area contributed by atoms with E-state index in [1.165, 1.54) is 0 Å². The van der Waals surface area contributed by atoms with Gasteiger partial charge in [-0.15, -0.1) is 0 Å². The standard InChI is InChI=1S/C23H20ClN7O/c1-14(13-31-9-7-20(30-31)16-5-6-17(11-25)19(24)10-16)27-23(32)21-15(2)28-22(29-21)18-4-3-8-26-12-18/h3-10,12,14H,13H2,1-2H3,(H,27,32)(H,28,29). The van der Waals surface area contributed by atoms with Gasteiger partial charge in [-0.05, 0) is 44.2 Å². The van der Waals surface area contributed by atoms with Gasteiger partial charge in [-0.1, -0.05) is 17.7 Å².